The number of nitrogens with zero attached hydrogens (tertiary/aromatic N) is 3. The number of para-hydroxylation sites is 1. The highest BCUT2D eigenvalue weighted by Gasteiger charge is 2.81. The van der Waals surface area contributed by atoms with E-state index >= 15 is 4.79 Å². The second-order valence-electron chi connectivity index (χ2n) is 20.3. The summed E-state index contributed by atoms with van der Waals surface area (Å²) in [4.78, 5) is 53.7. The van der Waals surface area contributed by atoms with E-state index in [1.54, 1.807) is 28.0 Å². The number of hydrogen-bond donors (Lipinski definition) is 5. The molecule has 5 aliphatic heterocycles. The van der Waals surface area contributed by atoms with E-state index in [0.717, 1.165) is 27.7 Å². The number of aromatic nitrogens is 1. The van der Waals surface area contributed by atoms with E-state index < -0.39 is 77.2 Å². The topological polar surface area (TPSA) is 203 Å². The highest BCUT2D eigenvalue weighted by molar-refractivity contribution is 7.53. The standard InChI is InChI=1S/C50H70N5O11P/c1-8-46(60)27-32-28-49(44(57)51-20-24-67(62,64-10-3)65-11-4,40-34(17-22-54(29-32)30-46)33-15-12-13-16-37(33)52-40)36-25-35-38(26-39(36)63-7)53(6)42-48(35)19-23-55-21-14-18-47(9-2,41(48)55)43(66-31(5)56)50(42,61)45(58)59/h12-16,18,25-26,32,36,39,41-43,52,60-61H,8-11,17,19-24,27-30H2,1-7H3,(H,51,57)(H,58,59)/t32-,36?,39?,41-,42+,43+,46-,47+,48+,49-,50-/m0/s1. The van der Waals surface area contributed by atoms with Crippen molar-refractivity contribution in [1.82, 2.24) is 25.0 Å². The fourth-order valence-corrected chi connectivity index (χ4v) is 16.2. The lowest BCUT2D eigenvalue weighted by Gasteiger charge is -2.63. The number of H-pyrrole nitrogens is 1. The molecule has 4 fully saturated rings. The number of piperidine rings is 1. The van der Waals surface area contributed by atoms with Gasteiger partial charge in [-0.3, -0.25) is 24.0 Å². The number of allylic oxidation sites excluding steroid dienone is 1. The highest BCUT2D eigenvalue weighted by atomic mass is 31.2. The summed E-state index contributed by atoms with van der Waals surface area (Å²) in [5.74, 6) is -3.35. The SMILES string of the molecule is CCOP(=O)(CCNC(=O)[C@]1(C2C=C3C(=CC2OC)N(C)[C@H]2[C@@](O)(C(=O)O)[C@H](OC(C)=O)[C@]4(CC)C=CCN5CC[C@]32[C@@H]54)C[C@H]2CN(CCc3c1[nH]c1ccccc31)C[C@](O)(CC)C2)OCC. The van der Waals surface area contributed by atoms with Gasteiger partial charge in [-0.25, -0.2) is 4.79 Å². The number of aromatic amines is 1. The monoisotopic (exact) mass is 947 g/mol. The number of aliphatic carboxylic acids is 1. The van der Waals surface area contributed by atoms with Gasteiger partial charge < -0.3 is 49.0 Å². The van der Waals surface area contributed by atoms with Crippen LogP contribution in [0.15, 0.2) is 59.8 Å². The first-order chi connectivity index (χ1) is 32.0. The number of carboxylic acid groups (broad SMARTS) is 1. The van der Waals surface area contributed by atoms with Crippen LogP contribution in [0.2, 0.25) is 0 Å². The molecule has 3 saturated heterocycles. The average molecular weight is 948 g/mol. The lowest BCUT2D eigenvalue weighted by Crippen LogP contribution is -2.79. The van der Waals surface area contributed by atoms with Crippen LogP contribution in [0.1, 0.15) is 78.0 Å². The Kier molecular flexibility index (Phi) is 12.6. The van der Waals surface area contributed by atoms with Crippen molar-refractivity contribution in [2.24, 2.45) is 22.7 Å². The molecule has 1 saturated carbocycles. The Hall–Kier alpha value is -3.86. The van der Waals surface area contributed by atoms with Crippen molar-refractivity contribution >= 4 is 36.3 Å². The predicted octanol–water partition coefficient (Wildman–Crippen LogP) is 4.75. The molecule has 67 heavy (non-hydrogen) atoms. The molecule has 16 nitrogen and oxygen atoms in total. The molecule has 7 aliphatic rings. The van der Waals surface area contributed by atoms with E-state index in [2.05, 4.69) is 32.2 Å². The molecule has 2 aromatic rings. The maximum Gasteiger partial charge on any atom is 0.341 e. The second-order valence-corrected chi connectivity index (χ2v) is 22.5. The maximum atomic E-state index is 16.3. The lowest BCUT2D eigenvalue weighted by atomic mass is 9.47. The summed E-state index contributed by atoms with van der Waals surface area (Å²) in [6.45, 7) is 12.1. The number of likely N-dealkylation sites (N-methyl/N-ethyl adjacent to an activating group) is 1. The van der Waals surface area contributed by atoms with Crippen molar-refractivity contribution in [3.63, 3.8) is 0 Å². The molecule has 1 spiro atoms. The van der Waals surface area contributed by atoms with E-state index in [1.807, 2.05) is 55.2 Å². The highest BCUT2D eigenvalue weighted by Crippen LogP contribution is 2.70. The number of fused-ring (bicyclic) bond motifs is 6. The number of rotatable bonds is 14. The van der Waals surface area contributed by atoms with Crippen LogP contribution < -0.4 is 5.32 Å². The van der Waals surface area contributed by atoms with Gasteiger partial charge in [0.2, 0.25) is 11.5 Å². The summed E-state index contributed by atoms with van der Waals surface area (Å²) >= 11 is 0. The lowest BCUT2D eigenvalue weighted by molar-refractivity contribution is -0.241. The smallest absolute Gasteiger partial charge is 0.341 e. The molecule has 17 heteroatoms. The maximum absolute atomic E-state index is 16.3. The van der Waals surface area contributed by atoms with Crippen LogP contribution in [-0.2, 0) is 49.3 Å². The molecule has 1 aromatic heterocycles. The van der Waals surface area contributed by atoms with Crippen molar-refractivity contribution in [2.45, 2.75) is 114 Å². The molecule has 0 radical (unpaired) electrons. The average Bonchev–Trinajstić information content (AvgIpc) is 3.96. The van der Waals surface area contributed by atoms with Gasteiger partial charge in [-0.2, -0.15) is 0 Å². The molecule has 2 aliphatic carbocycles. The number of likely N-dealkylation sites (tertiary alicyclic amines) is 1. The number of carbonyl (C=O) groups is 3. The number of amides is 1. The molecule has 5 N–H and O–H groups in total. The molecule has 9 rings (SSSR count). The third-order valence-corrected chi connectivity index (χ3v) is 19.1. The van der Waals surface area contributed by atoms with E-state index in [4.69, 9.17) is 18.5 Å². The Bertz CT molecular complexity index is 2430. The Morgan fingerprint density at radius 2 is 1.75 bits per heavy atom. The van der Waals surface area contributed by atoms with Crippen molar-refractivity contribution in [3.05, 3.63) is 71.1 Å². The minimum Gasteiger partial charge on any atom is -0.479 e. The predicted molar refractivity (Wildman–Crippen MR) is 251 cm³/mol. The fraction of sp³-hybridized carbons (Fsp3) is 0.660. The van der Waals surface area contributed by atoms with Gasteiger partial charge in [0.1, 0.15) is 0 Å². The van der Waals surface area contributed by atoms with Gasteiger partial charge in [-0.05, 0) is 88.1 Å². The summed E-state index contributed by atoms with van der Waals surface area (Å²) in [5.41, 5.74) is -2.94. The molecule has 1 aromatic carbocycles. The van der Waals surface area contributed by atoms with Gasteiger partial charge >= 0.3 is 19.5 Å². The second kappa shape index (κ2) is 17.5. The zero-order chi connectivity index (χ0) is 47.9. The van der Waals surface area contributed by atoms with E-state index in [1.165, 1.54) is 6.92 Å². The Morgan fingerprint density at radius 3 is 2.42 bits per heavy atom. The zero-order valence-corrected chi connectivity index (χ0v) is 41.0. The largest absolute Gasteiger partial charge is 0.479 e. The fourth-order valence-electron chi connectivity index (χ4n) is 14.7. The minimum atomic E-state index is -3.57. The van der Waals surface area contributed by atoms with Crippen LogP contribution in [0.4, 0.5) is 0 Å². The first-order valence-electron chi connectivity index (χ1n) is 24.4. The van der Waals surface area contributed by atoms with Gasteiger partial charge in [0, 0.05) is 98.9 Å². The summed E-state index contributed by atoms with van der Waals surface area (Å²) in [6, 6.07) is 6.61. The Balaban J connectivity index is 1.30. The van der Waals surface area contributed by atoms with Crippen molar-refractivity contribution in [1.29, 1.82) is 0 Å². The first-order valence-corrected chi connectivity index (χ1v) is 26.1. The number of hydrogen-bond acceptors (Lipinski definition) is 13. The van der Waals surface area contributed by atoms with Gasteiger partial charge in [-0.15, -0.1) is 0 Å². The number of esters is 1. The quantitative estimate of drug-likeness (QED) is 0.0986. The summed E-state index contributed by atoms with van der Waals surface area (Å²) in [7, 11) is -0.144. The molecule has 12 atom stereocenters. The van der Waals surface area contributed by atoms with Gasteiger partial charge in [-0.1, -0.05) is 50.3 Å². The van der Waals surface area contributed by atoms with Crippen LogP contribution in [0.5, 0.6) is 0 Å². The number of carboxylic acids is 1. The van der Waals surface area contributed by atoms with E-state index in [9.17, 15) is 29.5 Å². The van der Waals surface area contributed by atoms with Gasteiger partial charge in [0.05, 0.1) is 42.5 Å². The first kappa shape index (κ1) is 48.2. The number of nitrogens with one attached hydrogen (secondary N) is 2. The van der Waals surface area contributed by atoms with Crippen LogP contribution >= 0.6 is 7.60 Å². The summed E-state index contributed by atoms with van der Waals surface area (Å²) < 4.78 is 37.9. The zero-order valence-electron chi connectivity index (χ0n) is 40.1. The third kappa shape index (κ3) is 7.16. The van der Waals surface area contributed by atoms with E-state index in [0.29, 0.717) is 76.9 Å². The van der Waals surface area contributed by atoms with Crippen LogP contribution in [0.3, 0.4) is 0 Å². The van der Waals surface area contributed by atoms with E-state index in [-0.39, 0.29) is 37.7 Å². The minimum absolute atomic E-state index is 0.00847. The summed E-state index contributed by atoms with van der Waals surface area (Å²) in [5, 5.41) is 41.0. The summed E-state index contributed by atoms with van der Waals surface area (Å²) in [6.07, 6.45) is 8.71. The molecule has 3 unspecified atom stereocenters. The van der Waals surface area contributed by atoms with Gasteiger partial charge in [0.25, 0.3) is 0 Å². The van der Waals surface area contributed by atoms with Crippen molar-refractivity contribution in [2.75, 3.05) is 72.8 Å². The Morgan fingerprint density at radius 1 is 1.00 bits per heavy atom. The molecule has 6 heterocycles. The number of methoxy groups -OCH3 is 1. The molecule has 2 bridgehead atoms. The van der Waals surface area contributed by atoms with Crippen molar-refractivity contribution in [3.8, 4) is 0 Å². The number of benzene rings is 1. The number of aliphatic hydroxyl groups is 2. The molecule has 366 valence electrons. The van der Waals surface area contributed by atoms with Crippen molar-refractivity contribution < 1.29 is 52.8 Å². The molecular weight excluding hydrogens is 878 g/mol. The van der Waals surface area contributed by atoms with Crippen LogP contribution in [0, 0.1) is 22.7 Å². The van der Waals surface area contributed by atoms with Crippen LogP contribution in [0.25, 0.3) is 10.9 Å². The third-order valence-electron chi connectivity index (χ3n) is 17.0. The number of ether oxygens (including phenoxy) is 2. The molecule has 1 amide bonds. The molecular formula is C50H70N5O11P. The normalized spacial score (nSPS) is 37.8. The Labute approximate surface area is 393 Å². The van der Waals surface area contributed by atoms with Crippen LogP contribution in [-0.4, -0.2) is 161 Å². The number of carbonyl (C=O) groups excluding carboxylic acids is 2. The van der Waals surface area contributed by atoms with Gasteiger partial charge in [0.15, 0.2) is 6.10 Å².